The average molecular weight is 279 g/mol. The van der Waals surface area contributed by atoms with Crippen molar-refractivity contribution in [3.63, 3.8) is 0 Å². The first-order valence-corrected chi connectivity index (χ1v) is 5.70. The van der Waals surface area contributed by atoms with Crippen LogP contribution in [0.4, 0.5) is 13.2 Å². The van der Waals surface area contributed by atoms with Crippen LogP contribution in [0.2, 0.25) is 0 Å². The Bertz CT molecular complexity index is 369. The van der Waals surface area contributed by atoms with Crippen molar-refractivity contribution in [1.29, 1.82) is 0 Å². The number of likely N-dealkylation sites (N-methyl/N-ethyl adjacent to an activating group) is 1. The maximum Gasteiger partial charge on any atom is 0.416 e. The first kappa shape index (κ1) is 16.1. The maximum atomic E-state index is 11.8. The third kappa shape index (κ3) is 6.41. The molecule has 0 fully saturated rings. The Morgan fingerprint density at radius 3 is 2.35 bits per heavy atom. The smallest absolute Gasteiger partial charge is 0.382 e. The average Bonchev–Trinajstić information content (AvgIpc) is 2.10. The van der Waals surface area contributed by atoms with Crippen LogP contribution < -0.4 is 10.5 Å². The van der Waals surface area contributed by atoms with Gasteiger partial charge in [-0.1, -0.05) is 0 Å². The molecular formula is C6H12F3N3O4S. The molecule has 1 atom stereocenters. The number of carbonyl (C=O) groups is 1. The molecule has 0 spiro atoms. The predicted octanol–water partition coefficient (Wildman–Crippen LogP) is -1.84. The van der Waals surface area contributed by atoms with Gasteiger partial charge in [-0.3, -0.25) is 4.79 Å². The van der Waals surface area contributed by atoms with E-state index in [0.29, 0.717) is 4.31 Å². The van der Waals surface area contributed by atoms with E-state index in [1.165, 1.54) is 0 Å². The molecule has 7 nitrogen and oxygen atoms in total. The van der Waals surface area contributed by atoms with E-state index < -0.39 is 41.5 Å². The third-order valence-corrected chi connectivity index (χ3v) is 2.67. The second kappa shape index (κ2) is 5.62. The molecule has 1 amide bonds. The van der Waals surface area contributed by atoms with Crippen LogP contribution in [-0.4, -0.2) is 56.2 Å². The number of hydrogen-bond acceptors (Lipinski definition) is 4. The maximum absolute atomic E-state index is 11.8. The van der Waals surface area contributed by atoms with E-state index in [2.05, 4.69) is 5.14 Å². The Hall–Kier alpha value is -0.910. The highest BCUT2D eigenvalue weighted by molar-refractivity contribution is 7.86. The van der Waals surface area contributed by atoms with Gasteiger partial charge in [0.15, 0.2) is 6.10 Å². The fourth-order valence-electron chi connectivity index (χ4n) is 0.674. The number of amides is 1. The Balaban J connectivity index is 4.14. The number of rotatable bonds is 5. The molecule has 1 unspecified atom stereocenters. The van der Waals surface area contributed by atoms with Crippen molar-refractivity contribution in [3.05, 3.63) is 0 Å². The number of aliphatic hydroxyl groups excluding tert-OH is 1. The van der Waals surface area contributed by atoms with Crippen molar-refractivity contribution in [2.45, 2.75) is 12.3 Å². The van der Waals surface area contributed by atoms with Crippen LogP contribution in [0.15, 0.2) is 0 Å². The molecule has 0 radical (unpaired) electrons. The lowest BCUT2D eigenvalue weighted by molar-refractivity contribution is -0.201. The van der Waals surface area contributed by atoms with Crippen molar-refractivity contribution in [1.82, 2.24) is 9.62 Å². The Kier molecular flexibility index (Phi) is 5.32. The number of alkyl halides is 3. The van der Waals surface area contributed by atoms with Gasteiger partial charge in [0, 0.05) is 7.05 Å². The van der Waals surface area contributed by atoms with Crippen molar-refractivity contribution < 1.29 is 31.5 Å². The standard InChI is InChI=1S/C6H12F3N3O4S/c1-12(17(10,15)16)3-5(14)11-2-4(13)6(7,8)9/h4,13H,2-3H2,1H3,(H,11,14)(H2,10,15,16). The van der Waals surface area contributed by atoms with Crippen LogP contribution in [0, 0.1) is 0 Å². The summed E-state index contributed by atoms with van der Waals surface area (Å²) in [4.78, 5) is 11.0. The molecule has 0 aliphatic rings. The molecule has 0 aromatic carbocycles. The van der Waals surface area contributed by atoms with Gasteiger partial charge >= 0.3 is 6.18 Å². The first-order valence-electron chi connectivity index (χ1n) is 4.20. The van der Waals surface area contributed by atoms with Gasteiger partial charge in [0.05, 0.1) is 13.1 Å². The topological polar surface area (TPSA) is 113 Å². The SMILES string of the molecule is CN(CC(=O)NCC(O)C(F)(F)F)S(N)(=O)=O. The molecule has 0 aromatic heterocycles. The van der Waals surface area contributed by atoms with Crippen LogP contribution in [-0.2, 0) is 15.0 Å². The van der Waals surface area contributed by atoms with Gasteiger partial charge in [0.25, 0.3) is 10.2 Å². The molecule has 0 rings (SSSR count). The first-order chi connectivity index (χ1) is 7.44. The molecule has 0 aromatic rings. The van der Waals surface area contributed by atoms with Gasteiger partial charge in [-0.05, 0) is 0 Å². The van der Waals surface area contributed by atoms with Crippen LogP contribution in [0.25, 0.3) is 0 Å². The highest BCUT2D eigenvalue weighted by Crippen LogP contribution is 2.19. The highest BCUT2D eigenvalue weighted by Gasteiger charge is 2.38. The zero-order valence-electron chi connectivity index (χ0n) is 8.73. The molecule has 0 saturated carbocycles. The minimum atomic E-state index is -4.85. The molecule has 0 bridgehead atoms. The van der Waals surface area contributed by atoms with E-state index in [-0.39, 0.29) is 0 Å². The Morgan fingerprint density at radius 2 is 2.00 bits per heavy atom. The molecule has 11 heteroatoms. The summed E-state index contributed by atoms with van der Waals surface area (Å²) in [7, 11) is -3.10. The van der Waals surface area contributed by atoms with Crippen molar-refractivity contribution in [3.8, 4) is 0 Å². The van der Waals surface area contributed by atoms with Gasteiger partial charge in [-0.2, -0.15) is 25.9 Å². The summed E-state index contributed by atoms with van der Waals surface area (Å²) in [6.45, 7) is -1.79. The molecule has 0 aliphatic carbocycles. The summed E-state index contributed by atoms with van der Waals surface area (Å²) < 4.78 is 57.2. The van der Waals surface area contributed by atoms with Gasteiger partial charge in [0.1, 0.15) is 0 Å². The van der Waals surface area contributed by atoms with E-state index in [1.54, 1.807) is 5.32 Å². The van der Waals surface area contributed by atoms with Gasteiger partial charge in [-0.15, -0.1) is 0 Å². The van der Waals surface area contributed by atoms with Crippen LogP contribution in [0.5, 0.6) is 0 Å². The number of halogens is 3. The minimum Gasteiger partial charge on any atom is -0.382 e. The molecule has 0 heterocycles. The lowest BCUT2D eigenvalue weighted by Crippen LogP contribution is -2.45. The third-order valence-electron chi connectivity index (χ3n) is 1.67. The lowest BCUT2D eigenvalue weighted by Gasteiger charge is -2.16. The molecule has 0 aliphatic heterocycles. The van der Waals surface area contributed by atoms with E-state index in [9.17, 15) is 26.4 Å². The van der Waals surface area contributed by atoms with Gasteiger partial charge in [-0.25, -0.2) is 5.14 Å². The highest BCUT2D eigenvalue weighted by atomic mass is 32.2. The van der Waals surface area contributed by atoms with Gasteiger partial charge in [0.2, 0.25) is 5.91 Å². The van der Waals surface area contributed by atoms with E-state index in [4.69, 9.17) is 5.11 Å². The van der Waals surface area contributed by atoms with Crippen molar-refractivity contribution >= 4 is 16.1 Å². The van der Waals surface area contributed by atoms with Gasteiger partial charge < -0.3 is 10.4 Å². The Labute approximate surface area is 95.6 Å². The quantitative estimate of drug-likeness (QED) is 0.549. The lowest BCUT2D eigenvalue weighted by atomic mass is 10.3. The van der Waals surface area contributed by atoms with Crippen molar-refractivity contribution in [2.24, 2.45) is 5.14 Å². The second-order valence-corrected chi connectivity index (χ2v) is 4.82. The zero-order chi connectivity index (χ0) is 13.9. The van der Waals surface area contributed by atoms with E-state index in [1.807, 2.05) is 0 Å². The predicted molar refractivity (Wildman–Crippen MR) is 50.8 cm³/mol. The summed E-state index contributed by atoms with van der Waals surface area (Å²) >= 11 is 0. The molecular weight excluding hydrogens is 267 g/mol. The number of hydrogen-bond donors (Lipinski definition) is 3. The summed E-state index contributed by atoms with van der Waals surface area (Å²) in [6.07, 6.45) is -7.55. The summed E-state index contributed by atoms with van der Waals surface area (Å²) in [5.74, 6) is -1.01. The zero-order valence-corrected chi connectivity index (χ0v) is 9.55. The number of aliphatic hydroxyl groups is 1. The number of nitrogens with two attached hydrogens (primary N) is 1. The molecule has 17 heavy (non-hydrogen) atoms. The fourth-order valence-corrected chi connectivity index (χ4v) is 0.972. The molecule has 0 saturated heterocycles. The summed E-state index contributed by atoms with van der Waals surface area (Å²) in [5, 5.41) is 14.9. The van der Waals surface area contributed by atoms with Crippen LogP contribution in [0.3, 0.4) is 0 Å². The van der Waals surface area contributed by atoms with E-state index >= 15 is 0 Å². The summed E-state index contributed by atoms with van der Waals surface area (Å²) in [5.41, 5.74) is 0. The minimum absolute atomic E-state index is 0.447. The van der Waals surface area contributed by atoms with Crippen molar-refractivity contribution in [2.75, 3.05) is 20.1 Å². The largest absolute Gasteiger partial charge is 0.416 e. The molecule has 4 N–H and O–H groups in total. The second-order valence-electron chi connectivity index (χ2n) is 3.16. The monoisotopic (exact) mass is 279 g/mol. The number of nitrogens with zero attached hydrogens (tertiary/aromatic N) is 1. The normalized spacial score (nSPS) is 14.8. The van der Waals surface area contributed by atoms with E-state index in [0.717, 1.165) is 7.05 Å². The Morgan fingerprint density at radius 1 is 1.53 bits per heavy atom. The van der Waals surface area contributed by atoms with Crippen LogP contribution >= 0.6 is 0 Å². The fraction of sp³-hybridized carbons (Fsp3) is 0.833. The number of nitrogens with one attached hydrogen (secondary N) is 1. The van der Waals surface area contributed by atoms with Crippen LogP contribution in [0.1, 0.15) is 0 Å². The number of carbonyl (C=O) groups excluding carboxylic acids is 1. The molecule has 102 valence electrons. The summed E-state index contributed by atoms with van der Waals surface area (Å²) in [6, 6.07) is 0.